The summed E-state index contributed by atoms with van der Waals surface area (Å²) in [6.07, 6.45) is -1.45. The minimum absolute atomic E-state index is 0.0320. The van der Waals surface area contributed by atoms with Crippen LogP contribution < -0.4 is 16.4 Å². The smallest absolute Gasteiger partial charge is 0.408 e. The molecule has 2 aromatic carbocycles. The minimum Gasteiger partial charge on any atom is -0.508 e. The molecule has 47 heavy (non-hydrogen) atoms. The molecule has 0 heterocycles. The van der Waals surface area contributed by atoms with Crippen molar-refractivity contribution < 1.29 is 38.6 Å². The number of carbonyl (C=O) groups excluding carboxylic acids is 5. The third-order valence-electron chi connectivity index (χ3n) is 6.69. The van der Waals surface area contributed by atoms with E-state index in [1.54, 1.807) is 75.3 Å². The molecule has 12 heteroatoms. The fraction of sp³-hybridized carbons (Fsp3) is 0.514. The van der Waals surface area contributed by atoms with Gasteiger partial charge in [0, 0.05) is 12.0 Å². The van der Waals surface area contributed by atoms with Crippen molar-refractivity contribution in [2.24, 2.45) is 5.73 Å². The van der Waals surface area contributed by atoms with Gasteiger partial charge >= 0.3 is 12.1 Å². The number of primary amides is 1. The standard InChI is InChI=1S/C35H50N4O8/c1-21-18-23(16-17-26(21)40)28(29(42)37-25(31(44)46-34(5,6)7)19-22-14-12-11-13-15-22)39(33(2,3)4)30(43)24(20-27(36)41)38-32(45)47-35(8,9)10/h11-18,24-25,28,40H,19-20H2,1-10H3,(H2,36,41)(H,37,42)(H,38,45). The quantitative estimate of drug-likeness (QED) is 0.261. The lowest BCUT2D eigenvalue weighted by molar-refractivity contribution is -0.159. The number of carbonyl (C=O) groups is 5. The molecule has 0 saturated heterocycles. The molecule has 0 aliphatic heterocycles. The summed E-state index contributed by atoms with van der Waals surface area (Å²) in [4.78, 5) is 68.5. The number of hydrogen-bond acceptors (Lipinski definition) is 8. The Morgan fingerprint density at radius 2 is 1.40 bits per heavy atom. The van der Waals surface area contributed by atoms with Crippen LogP contribution in [-0.2, 0) is 35.1 Å². The zero-order chi connectivity index (χ0) is 35.9. The second kappa shape index (κ2) is 15.3. The third kappa shape index (κ3) is 12.3. The zero-order valence-electron chi connectivity index (χ0n) is 29.1. The molecule has 0 fully saturated rings. The van der Waals surface area contributed by atoms with Crippen molar-refractivity contribution in [1.29, 1.82) is 0 Å². The van der Waals surface area contributed by atoms with Crippen LogP contribution in [-0.4, -0.2) is 68.6 Å². The SMILES string of the molecule is Cc1cc(C(C(=O)NC(Cc2ccccc2)C(=O)OC(C)(C)C)N(C(=O)C(CC(N)=O)NC(=O)OC(C)(C)C)C(C)(C)C)ccc1O. The number of phenols is 1. The molecule has 0 spiro atoms. The number of benzene rings is 2. The van der Waals surface area contributed by atoms with Gasteiger partial charge in [0.05, 0.1) is 6.42 Å². The minimum atomic E-state index is -1.50. The Bertz CT molecular complexity index is 1440. The van der Waals surface area contributed by atoms with Crippen molar-refractivity contribution in [2.45, 2.75) is 117 Å². The van der Waals surface area contributed by atoms with Gasteiger partial charge in [0.25, 0.3) is 0 Å². The predicted molar refractivity (Wildman–Crippen MR) is 177 cm³/mol. The van der Waals surface area contributed by atoms with Crippen LogP contribution >= 0.6 is 0 Å². The van der Waals surface area contributed by atoms with E-state index in [1.807, 2.05) is 30.3 Å². The van der Waals surface area contributed by atoms with Crippen LogP contribution in [0.15, 0.2) is 48.5 Å². The van der Waals surface area contributed by atoms with Crippen molar-refractivity contribution in [1.82, 2.24) is 15.5 Å². The van der Waals surface area contributed by atoms with Crippen molar-refractivity contribution in [2.75, 3.05) is 0 Å². The molecule has 3 unspecified atom stereocenters. The van der Waals surface area contributed by atoms with Gasteiger partial charge in [0.1, 0.15) is 35.1 Å². The summed E-state index contributed by atoms with van der Waals surface area (Å²) in [5, 5.41) is 15.5. The Balaban J connectivity index is 2.70. The van der Waals surface area contributed by atoms with Crippen LogP contribution in [0.3, 0.4) is 0 Å². The summed E-state index contributed by atoms with van der Waals surface area (Å²) >= 11 is 0. The second-order valence-electron chi connectivity index (χ2n) is 14.5. The summed E-state index contributed by atoms with van der Waals surface area (Å²) in [7, 11) is 0. The second-order valence-corrected chi connectivity index (χ2v) is 14.5. The predicted octanol–water partition coefficient (Wildman–Crippen LogP) is 4.21. The number of amides is 4. The Hall–Kier alpha value is -4.61. The number of aromatic hydroxyl groups is 1. The number of phenolic OH excluding ortho intramolecular Hbond substituents is 1. The molecule has 0 bridgehead atoms. The molecule has 0 aromatic heterocycles. The normalized spacial score (nSPS) is 13.8. The van der Waals surface area contributed by atoms with E-state index in [9.17, 15) is 29.1 Å². The lowest BCUT2D eigenvalue weighted by atomic mass is 9.93. The summed E-state index contributed by atoms with van der Waals surface area (Å²) in [5.74, 6) is -3.12. The van der Waals surface area contributed by atoms with Crippen LogP contribution in [0.4, 0.5) is 4.79 Å². The number of nitrogens with zero attached hydrogens (tertiary/aromatic N) is 1. The Morgan fingerprint density at radius 3 is 1.89 bits per heavy atom. The average molecular weight is 655 g/mol. The lowest BCUT2D eigenvalue weighted by Gasteiger charge is -2.43. The molecule has 0 aliphatic carbocycles. The summed E-state index contributed by atoms with van der Waals surface area (Å²) < 4.78 is 11.0. The fourth-order valence-corrected chi connectivity index (χ4v) is 4.80. The van der Waals surface area contributed by atoms with Crippen LogP contribution in [0.5, 0.6) is 5.75 Å². The number of alkyl carbamates (subject to hydrolysis) is 1. The van der Waals surface area contributed by atoms with E-state index in [1.165, 1.54) is 17.0 Å². The number of esters is 1. The number of aryl methyl sites for hydroxylation is 1. The largest absolute Gasteiger partial charge is 0.508 e. The van der Waals surface area contributed by atoms with Gasteiger partial charge in [-0.2, -0.15) is 0 Å². The van der Waals surface area contributed by atoms with E-state index < -0.39 is 71.1 Å². The maximum absolute atomic E-state index is 14.5. The van der Waals surface area contributed by atoms with E-state index >= 15 is 0 Å². The Morgan fingerprint density at radius 1 is 0.830 bits per heavy atom. The Labute approximate surface area is 277 Å². The maximum atomic E-state index is 14.5. The van der Waals surface area contributed by atoms with Gasteiger partial charge in [-0.1, -0.05) is 36.4 Å². The van der Waals surface area contributed by atoms with Crippen LogP contribution in [0.25, 0.3) is 0 Å². The first-order valence-electron chi connectivity index (χ1n) is 15.5. The van der Waals surface area contributed by atoms with Crippen molar-refractivity contribution >= 4 is 29.8 Å². The first-order chi connectivity index (χ1) is 21.5. The van der Waals surface area contributed by atoms with E-state index in [4.69, 9.17) is 15.2 Å². The number of rotatable bonds is 11. The van der Waals surface area contributed by atoms with Crippen molar-refractivity contribution in [3.05, 3.63) is 65.2 Å². The molecule has 3 atom stereocenters. The van der Waals surface area contributed by atoms with Gasteiger partial charge in [-0.3, -0.25) is 14.4 Å². The first kappa shape index (κ1) is 38.6. The van der Waals surface area contributed by atoms with Crippen molar-refractivity contribution in [3.8, 4) is 5.75 Å². The maximum Gasteiger partial charge on any atom is 0.408 e. The molecule has 0 radical (unpaired) electrons. The zero-order valence-corrected chi connectivity index (χ0v) is 29.1. The first-order valence-corrected chi connectivity index (χ1v) is 15.5. The average Bonchev–Trinajstić information content (AvgIpc) is 2.89. The molecular weight excluding hydrogens is 604 g/mol. The number of ether oxygens (including phenoxy) is 2. The van der Waals surface area contributed by atoms with Crippen LogP contribution in [0.2, 0.25) is 0 Å². The van der Waals surface area contributed by atoms with E-state index in [0.717, 1.165) is 5.56 Å². The monoisotopic (exact) mass is 654 g/mol. The molecule has 0 saturated carbocycles. The van der Waals surface area contributed by atoms with Gasteiger partial charge in [0.2, 0.25) is 17.7 Å². The topological polar surface area (TPSA) is 177 Å². The highest BCUT2D eigenvalue weighted by atomic mass is 16.6. The Kier molecular flexibility index (Phi) is 12.6. The van der Waals surface area contributed by atoms with Gasteiger partial charge in [-0.25, -0.2) is 9.59 Å². The number of hydrogen-bond donors (Lipinski definition) is 4. The van der Waals surface area contributed by atoms with Crippen LogP contribution in [0, 0.1) is 6.92 Å². The molecule has 4 amide bonds. The highest BCUT2D eigenvalue weighted by molar-refractivity contribution is 5.96. The van der Waals surface area contributed by atoms with Gasteiger partial charge < -0.3 is 35.8 Å². The molecule has 0 aliphatic rings. The third-order valence-corrected chi connectivity index (χ3v) is 6.69. The summed E-state index contributed by atoms with van der Waals surface area (Å²) in [5.41, 5.74) is 4.12. The molecule has 258 valence electrons. The summed E-state index contributed by atoms with van der Waals surface area (Å²) in [6.45, 7) is 16.7. The van der Waals surface area contributed by atoms with Crippen molar-refractivity contribution in [3.63, 3.8) is 0 Å². The molecular formula is C35H50N4O8. The van der Waals surface area contributed by atoms with E-state index in [2.05, 4.69) is 10.6 Å². The van der Waals surface area contributed by atoms with E-state index in [-0.39, 0.29) is 12.2 Å². The molecule has 2 aromatic rings. The lowest BCUT2D eigenvalue weighted by Crippen LogP contribution is -2.60. The fourth-order valence-electron chi connectivity index (χ4n) is 4.80. The number of nitrogens with two attached hydrogens (primary N) is 1. The van der Waals surface area contributed by atoms with Gasteiger partial charge in [-0.15, -0.1) is 0 Å². The molecule has 12 nitrogen and oxygen atoms in total. The van der Waals surface area contributed by atoms with Crippen LogP contribution in [0.1, 0.15) is 91.5 Å². The molecule has 5 N–H and O–H groups in total. The van der Waals surface area contributed by atoms with Gasteiger partial charge in [0.15, 0.2) is 0 Å². The highest BCUT2D eigenvalue weighted by Gasteiger charge is 2.43. The highest BCUT2D eigenvalue weighted by Crippen LogP contribution is 2.33. The van der Waals surface area contributed by atoms with E-state index in [0.29, 0.717) is 11.1 Å². The molecule has 2 rings (SSSR count). The van der Waals surface area contributed by atoms with Gasteiger partial charge in [-0.05, 0) is 98.1 Å². The summed E-state index contributed by atoms with van der Waals surface area (Å²) in [6, 6.07) is 9.45. The number of nitrogens with one attached hydrogen (secondary N) is 2.